The Bertz CT molecular complexity index is 352. The van der Waals surface area contributed by atoms with Crippen molar-refractivity contribution in [2.45, 2.75) is 19.4 Å². The van der Waals surface area contributed by atoms with Gasteiger partial charge in [0.25, 0.3) is 0 Å². The minimum absolute atomic E-state index is 0.0336. The molecule has 0 radical (unpaired) electrons. The second kappa shape index (κ2) is 3.33. The van der Waals surface area contributed by atoms with Crippen LogP contribution in [0.15, 0.2) is 35.8 Å². The maximum Gasteiger partial charge on any atom is 0.223 e. The van der Waals surface area contributed by atoms with Gasteiger partial charge in [0, 0.05) is 12.7 Å². The normalized spacial score (nSPS) is 25.6. The van der Waals surface area contributed by atoms with E-state index in [1.807, 2.05) is 36.3 Å². The summed E-state index contributed by atoms with van der Waals surface area (Å²) < 4.78 is 0. The summed E-state index contributed by atoms with van der Waals surface area (Å²) in [5.74, 6) is -0.220. The van der Waals surface area contributed by atoms with Gasteiger partial charge in [-0.15, -0.1) is 0 Å². The van der Waals surface area contributed by atoms with Gasteiger partial charge < -0.3 is 10.0 Å². The number of nitrogens with zero attached hydrogens (tertiary/aromatic N) is 1. The Morgan fingerprint density at radius 1 is 1.57 bits per heavy atom. The van der Waals surface area contributed by atoms with Gasteiger partial charge in [0.2, 0.25) is 5.78 Å². The lowest BCUT2D eigenvalue weighted by molar-refractivity contribution is -0.121. The Morgan fingerprint density at radius 3 is 3.07 bits per heavy atom. The lowest BCUT2D eigenvalue weighted by Gasteiger charge is -2.34. The maximum atomic E-state index is 11.7. The molecule has 0 aromatic carbocycles. The quantitative estimate of drug-likeness (QED) is 0.683. The monoisotopic (exact) mass is 191 g/mol. The van der Waals surface area contributed by atoms with Crippen molar-refractivity contribution in [3.63, 3.8) is 0 Å². The van der Waals surface area contributed by atoms with Crippen LogP contribution in [-0.4, -0.2) is 28.4 Å². The fourth-order valence-electron chi connectivity index (χ4n) is 1.81. The van der Waals surface area contributed by atoms with Crippen molar-refractivity contribution in [1.29, 1.82) is 0 Å². The van der Waals surface area contributed by atoms with E-state index in [9.17, 15) is 9.90 Å². The van der Waals surface area contributed by atoms with Crippen LogP contribution in [0.1, 0.15) is 13.3 Å². The van der Waals surface area contributed by atoms with E-state index in [-0.39, 0.29) is 17.6 Å². The molecule has 3 nitrogen and oxygen atoms in total. The van der Waals surface area contributed by atoms with Crippen molar-refractivity contribution in [2.24, 2.45) is 0 Å². The molecule has 0 aromatic heterocycles. The molecule has 1 atom stereocenters. The first kappa shape index (κ1) is 9.06. The summed E-state index contributed by atoms with van der Waals surface area (Å²) in [7, 11) is 0. The van der Waals surface area contributed by atoms with Gasteiger partial charge in [-0.3, -0.25) is 4.79 Å². The van der Waals surface area contributed by atoms with Crippen molar-refractivity contribution >= 4 is 5.78 Å². The molecule has 0 aliphatic carbocycles. The van der Waals surface area contributed by atoms with Gasteiger partial charge in [0.1, 0.15) is 6.04 Å². The molecule has 14 heavy (non-hydrogen) atoms. The zero-order valence-electron chi connectivity index (χ0n) is 8.10. The topological polar surface area (TPSA) is 40.5 Å². The van der Waals surface area contributed by atoms with E-state index in [0.29, 0.717) is 6.54 Å². The van der Waals surface area contributed by atoms with Crippen LogP contribution in [0.3, 0.4) is 0 Å². The average molecular weight is 191 g/mol. The summed E-state index contributed by atoms with van der Waals surface area (Å²) in [4.78, 5) is 13.6. The Labute approximate surface area is 83.0 Å². The van der Waals surface area contributed by atoms with E-state index in [0.717, 1.165) is 12.0 Å². The number of ketones is 1. The highest BCUT2D eigenvalue weighted by Gasteiger charge is 2.32. The van der Waals surface area contributed by atoms with Crippen LogP contribution in [0.25, 0.3) is 0 Å². The van der Waals surface area contributed by atoms with Crippen LogP contribution < -0.4 is 0 Å². The van der Waals surface area contributed by atoms with Crippen LogP contribution >= 0.6 is 0 Å². The molecule has 74 valence electrons. The number of hydrogen-bond donors (Lipinski definition) is 1. The molecule has 0 amide bonds. The Kier molecular flexibility index (Phi) is 2.15. The van der Waals surface area contributed by atoms with Crippen LogP contribution in [-0.2, 0) is 4.79 Å². The smallest absolute Gasteiger partial charge is 0.223 e. The summed E-state index contributed by atoms with van der Waals surface area (Å²) >= 11 is 0. The highest BCUT2D eigenvalue weighted by atomic mass is 16.3. The molecule has 1 N–H and O–H groups in total. The minimum Gasteiger partial charge on any atom is -0.504 e. The van der Waals surface area contributed by atoms with Crippen LogP contribution in [0.5, 0.6) is 0 Å². The SMILES string of the molecule is CCC1=C(O)C(=O)C2C=CC=CN2C1. The van der Waals surface area contributed by atoms with Crippen molar-refractivity contribution in [3.8, 4) is 0 Å². The lowest BCUT2D eigenvalue weighted by atomic mass is 9.96. The molecule has 2 aliphatic rings. The number of aliphatic hydroxyl groups excluding tert-OH is 1. The second-order valence-electron chi connectivity index (χ2n) is 3.51. The highest BCUT2D eigenvalue weighted by molar-refractivity contribution is 6.00. The molecule has 0 spiro atoms. The second-order valence-corrected chi connectivity index (χ2v) is 3.51. The number of hydrogen-bond acceptors (Lipinski definition) is 3. The molecule has 0 saturated heterocycles. The summed E-state index contributed by atoms with van der Waals surface area (Å²) in [5.41, 5.74) is 0.825. The first-order valence-corrected chi connectivity index (χ1v) is 4.80. The maximum absolute atomic E-state index is 11.7. The molecular weight excluding hydrogens is 178 g/mol. The fourth-order valence-corrected chi connectivity index (χ4v) is 1.81. The van der Waals surface area contributed by atoms with E-state index in [2.05, 4.69) is 0 Å². The first-order chi connectivity index (χ1) is 6.74. The number of aliphatic hydroxyl groups is 1. The lowest BCUT2D eigenvalue weighted by Crippen LogP contribution is -2.43. The van der Waals surface area contributed by atoms with E-state index in [4.69, 9.17) is 0 Å². The number of allylic oxidation sites excluding steroid dienone is 2. The first-order valence-electron chi connectivity index (χ1n) is 4.80. The summed E-state index contributed by atoms with van der Waals surface area (Å²) in [6, 6.07) is -0.296. The number of fused-ring (bicyclic) bond motifs is 1. The number of rotatable bonds is 1. The summed E-state index contributed by atoms with van der Waals surface area (Å²) in [6.07, 6.45) is 8.16. The number of carbonyl (C=O) groups excluding carboxylic acids is 1. The molecular formula is C11H13NO2. The molecule has 3 heteroatoms. The van der Waals surface area contributed by atoms with E-state index in [1.54, 1.807) is 0 Å². The average Bonchev–Trinajstić information content (AvgIpc) is 2.23. The highest BCUT2D eigenvalue weighted by Crippen LogP contribution is 2.23. The number of Topliss-reactive ketones (excluding diaryl/α,β-unsaturated/α-hetero) is 1. The van der Waals surface area contributed by atoms with Gasteiger partial charge in [-0.2, -0.15) is 0 Å². The predicted octanol–water partition coefficient (Wildman–Crippen LogP) is 1.55. The van der Waals surface area contributed by atoms with E-state index < -0.39 is 0 Å². The van der Waals surface area contributed by atoms with Gasteiger partial charge in [-0.25, -0.2) is 0 Å². The summed E-state index contributed by atoms with van der Waals surface area (Å²) in [6.45, 7) is 2.60. The van der Waals surface area contributed by atoms with Gasteiger partial charge in [-0.05, 0) is 18.1 Å². The van der Waals surface area contributed by atoms with Gasteiger partial charge in [0.15, 0.2) is 5.76 Å². The predicted molar refractivity (Wildman–Crippen MR) is 53.7 cm³/mol. The number of carbonyl (C=O) groups is 1. The standard InChI is InChI=1S/C11H13NO2/c1-2-8-7-12-6-4-3-5-9(12)11(14)10(8)13/h3-6,9,13H,2,7H2,1H3. The molecule has 0 fully saturated rings. The van der Waals surface area contributed by atoms with Crippen LogP contribution in [0, 0.1) is 0 Å². The van der Waals surface area contributed by atoms with Crippen molar-refractivity contribution in [2.75, 3.05) is 6.54 Å². The Balaban J connectivity index is 2.36. The van der Waals surface area contributed by atoms with Crippen LogP contribution in [0.2, 0.25) is 0 Å². The van der Waals surface area contributed by atoms with Gasteiger partial charge in [0.05, 0.1) is 0 Å². The largest absolute Gasteiger partial charge is 0.504 e. The van der Waals surface area contributed by atoms with E-state index >= 15 is 0 Å². The molecule has 0 bridgehead atoms. The molecule has 2 heterocycles. The van der Waals surface area contributed by atoms with Crippen molar-refractivity contribution in [1.82, 2.24) is 4.90 Å². The minimum atomic E-state index is -0.296. The van der Waals surface area contributed by atoms with Crippen molar-refractivity contribution < 1.29 is 9.90 Å². The molecule has 0 aromatic rings. The summed E-state index contributed by atoms with van der Waals surface area (Å²) in [5, 5.41) is 9.62. The molecule has 2 rings (SSSR count). The van der Waals surface area contributed by atoms with Crippen molar-refractivity contribution in [3.05, 3.63) is 35.8 Å². The Morgan fingerprint density at radius 2 is 2.36 bits per heavy atom. The zero-order valence-corrected chi connectivity index (χ0v) is 8.10. The Hall–Kier alpha value is -1.51. The van der Waals surface area contributed by atoms with Gasteiger partial charge in [-0.1, -0.05) is 19.1 Å². The molecule has 1 unspecified atom stereocenters. The fraction of sp³-hybridized carbons (Fsp3) is 0.364. The third-order valence-corrected chi connectivity index (χ3v) is 2.68. The third kappa shape index (κ3) is 1.25. The molecule has 2 aliphatic heterocycles. The van der Waals surface area contributed by atoms with Gasteiger partial charge >= 0.3 is 0 Å². The third-order valence-electron chi connectivity index (χ3n) is 2.68. The zero-order chi connectivity index (χ0) is 10.1. The molecule has 0 saturated carbocycles. The van der Waals surface area contributed by atoms with E-state index in [1.165, 1.54) is 0 Å². The van der Waals surface area contributed by atoms with Crippen LogP contribution in [0.4, 0.5) is 0 Å².